The number of nitrogens with one attached hydrogen (secondary N) is 2. The van der Waals surface area contributed by atoms with Crippen molar-refractivity contribution in [1.29, 1.82) is 0 Å². The summed E-state index contributed by atoms with van der Waals surface area (Å²) in [5.41, 5.74) is 1.18. The zero-order valence-electron chi connectivity index (χ0n) is 16.7. The van der Waals surface area contributed by atoms with Crippen molar-refractivity contribution in [1.82, 2.24) is 15.5 Å². The molecule has 1 unspecified atom stereocenters. The van der Waals surface area contributed by atoms with Crippen molar-refractivity contribution in [2.75, 3.05) is 52.3 Å². The monoisotopic (exact) mass is 508 g/mol. The highest BCUT2D eigenvalue weighted by Gasteiger charge is 2.06. The van der Waals surface area contributed by atoms with E-state index in [1.54, 1.807) is 30.8 Å². The molecule has 0 bridgehead atoms. The minimum Gasteiger partial charge on any atom is -0.374 e. The number of carbonyl (C=O) groups is 1. The molecule has 0 aliphatic carbocycles. The van der Waals surface area contributed by atoms with E-state index in [-0.39, 0.29) is 42.5 Å². The molecule has 154 valence electrons. The normalized spacial score (nSPS) is 12.1. The van der Waals surface area contributed by atoms with Crippen molar-refractivity contribution in [2.45, 2.75) is 19.4 Å². The number of benzene rings is 1. The Hall–Kier alpha value is -1.000. The third-order valence-corrected chi connectivity index (χ3v) is 4.33. The minimum atomic E-state index is -0.0176. The van der Waals surface area contributed by atoms with E-state index >= 15 is 0 Å². The molecule has 0 saturated carbocycles. The molecule has 0 fully saturated rings. The van der Waals surface area contributed by atoms with Gasteiger partial charge in [0, 0.05) is 39.5 Å². The Labute approximate surface area is 184 Å². The van der Waals surface area contributed by atoms with Crippen LogP contribution in [-0.4, -0.2) is 69.1 Å². The van der Waals surface area contributed by atoms with Crippen molar-refractivity contribution in [2.24, 2.45) is 4.99 Å². The molecule has 0 spiro atoms. The maximum Gasteiger partial charge on any atom is 0.243 e. The van der Waals surface area contributed by atoms with Gasteiger partial charge in [-0.2, -0.15) is 11.8 Å². The van der Waals surface area contributed by atoms with Crippen molar-refractivity contribution >= 4 is 47.6 Å². The molecule has 27 heavy (non-hydrogen) atoms. The lowest BCUT2D eigenvalue weighted by Gasteiger charge is -2.15. The Morgan fingerprint density at radius 2 is 1.89 bits per heavy atom. The second kappa shape index (κ2) is 16.0. The number of carbonyl (C=O) groups excluding carboxylic acids is 1. The quantitative estimate of drug-likeness (QED) is 0.208. The largest absolute Gasteiger partial charge is 0.374 e. The zero-order valence-corrected chi connectivity index (χ0v) is 19.9. The summed E-state index contributed by atoms with van der Waals surface area (Å²) in [6, 6.07) is 10.2. The van der Waals surface area contributed by atoms with Gasteiger partial charge in [-0.05, 0) is 25.2 Å². The first-order valence-electron chi connectivity index (χ1n) is 8.92. The van der Waals surface area contributed by atoms with Crippen LogP contribution in [-0.2, 0) is 9.53 Å². The molecule has 1 rings (SSSR count). The van der Waals surface area contributed by atoms with Crippen molar-refractivity contribution in [3.8, 4) is 0 Å². The Morgan fingerprint density at radius 3 is 2.52 bits per heavy atom. The number of thioether (sulfide) groups is 1. The predicted molar refractivity (Wildman–Crippen MR) is 126 cm³/mol. The highest BCUT2D eigenvalue weighted by molar-refractivity contribution is 14.0. The molecule has 1 aromatic rings. The molecular weight excluding hydrogens is 475 g/mol. The topological polar surface area (TPSA) is 66.0 Å². The van der Waals surface area contributed by atoms with Gasteiger partial charge in [-0.15, -0.1) is 24.0 Å². The van der Waals surface area contributed by atoms with Crippen LogP contribution in [0, 0.1) is 0 Å². The molecule has 0 radical (unpaired) electrons. The molecule has 0 aliphatic rings. The van der Waals surface area contributed by atoms with E-state index in [0.29, 0.717) is 12.6 Å². The van der Waals surface area contributed by atoms with Crippen LogP contribution < -0.4 is 10.6 Å². The van der Waals surface area contributed by atoms with Crippen molar-refractivity contribution < 1.29 is 9.53 Å². The van der Waals surface area contributed by atoms with Gasteiger partial charge in [0.05, 0.1) is 6.10 Å². The Balaban J connectivity index is 0.00000676. The first-order valence-corrected chi connectivity index (χ1v) is 10.3. The number of likely N-dealkylation sites (N-methyl/N-ethyl adjacent to an activating group) is 1. The number of ether oxygens (including phenoxy) is 1. The molecular formula is C19H33IN4O2S. The van der Waals surface area contributed by atoms with Gasteiger partial charge in [-0.25, -0.2) is 4.99 Å². The summed E-state index contributed by atoms with van der Waals surface area (Å²) in [7, 11) is 3.47. The standard InChI is InChI=1S/C19H32N4O2S.HI/c1-16(17-9-6-5-7-10-17)25-13-8-11-20-19(21-12-14-26-4)22-15-18(24)23(2)3;/h5-7,9-10,16H,8,11-15H2,1-4H3,(H2,20,21,22);1H. The van der Waals surface area contributed by atoms with Crippen LogP contribution in [0.2, 0.25) is 0 Å². The molecule has 6 nitrogen and oxygen atoms in total. The highest BCUT2D eigenvalue weighted by Crippen LogP contribution is 2.15. The third-order valence-electron chi connectivity index (χ3n) is 3.72. The number of aliphatic imine (C=N–C) groups is 1. The Morgan fingerprint density at radius 1 is 1.22 bits per heavy atom. The van der Waals surface area contributed by atoms with E-state index in [1.807, 2.05) is 18.2 Å². The lowest BCUT2D eigenvalue weighted by Crippen LogP contribution is -2.40. The fourth-order valence-electron chi connectivity index (χ4n) is 2.09. The lowest BCUT2D eigenvalue weighted by molar-refractivity contribution is -0.127. The van der Waals surface area contributed by atoms with Crippen molar-refractivity contribution in [3.05, 3.63) is 35.9 Å². The summed E-state index contributed by atoms with van der Waals surface area (Å²) in [6.45, 7) is 4.42. The van der Waals surface area contributed by atoms with Crippen LogP contribution in [0.3, 0.4) is 0 Å². The predicted octanol–water partition coefficient (Wildman–Crippen LogP) is 2.76. The molecule has 1 atom stereocenters. The van der Waals surface area contributed by atoms with Crippen LogP contribution in [0.5, 0.6) is 0 Å². The second-order valence-corrected chi connectivity index (χ2v) is 7.06. The van der Waals surface area contributed by atoms with E-state index in [0.717, 1.165) is 25.3 Å². The van der Waals surface area contributed by atoms with Gasteiger partial charge in [0.1, 0.15) is 6.54 Å². The van der Waals surface area contributed by atoms with Crippen molar-refractivity contribution in [3.63, 3.8) is 0 Å². The van der Waals surface area contributed by atoms with Gasteiger partial charge in [0.15, 0.2) is 5.96 Å². The van der Waals surface area contributed by atoms with Gasteiger partial charge >= 0.3 is 0 Å². The fourth-order valence-corrected chi connectivity index (χ4v) is 2.40. The van der Waals surface area contributed by atoms with E-state index in [9.17, 15) is 4.79 Å². The highest BCUT2D eigenvalue weighted by atomic mass is 127. The summed E-state index contributed by atoms with van der Waals surface area (Å²) < 4.78 is 5.87. The number of hydrogen-bond acceptors (Lipinski definition) is 4. The van der Waals surface area contributed by atoms with Gasteiger partial charge in [-0.1, -0.05) is 30.3 Å². The summed E-state index contributed by atoms with van der Waals surface area (Å²) >= 11 is 1.77. The Kier molecular flexibility index (Phi) is 15.4. The molecule has 0 aromatic heterocycles. The first kappa shape index (κ1) is 26.0. The van der Waals surface area contributed by atoms with Gasteiger partial charge < -0.3 is 20.3 Å². The smallest absolute Gasteiger partial charge is 0.243 e. The SMILES string of the molecule is CSCCNC(=NCC(=O)N(C)C)NCCCOC(C)c1ccccc1.I. The minimum absolute atomic E-state index is 0. The summed E-state index contributed by atoms with van der Waals surface area (Å²) in [4.78, 5) is 17.6. The number of hydrogen-bond donors (Lipinski definition) is 2. The lowest BCUT2D eigenvalue weighted by atomic mass is 10.1. The molecule has 1 amide bonds. The summed E-state index contributed by atoms with van der Waals surface area (Å²) in [5, 5.41) is 6.51. The van der Waals surface area contributed by atoms with Crippen LogP contribution in [0.25, 0.3) is 0 Å². The zero-order chi connectivity index (χ0) is 19.2. The molecule has 8 heteroatoms. The average Bonchev–Trinajstić information content (AvgIpc) is 2.65. The number of nitrogens with zero attached hydrogens (tertiary/aromatic N) is 2. The van der Waals surface area contributed by atoms with Gasteiger partial charge in [0.25, 0.3) is 0 Å². The van der Waals surface area contributed by atoms with Gasteiger partial charge in [-0.3, -0.25) is 4.79 Å². The molecule has 2 N–H and O–H groups in total. The maximum atomic E-state index is 11.7. The van der Waals surface area contributed by atoms with E-state index in [2.05, 4.69) is 40.9 Å². The number of halogens is 1. The van der Waals surface area contributed by atoms with Crippen LogP contribution in [0.1, 0.15) is 25.0 Å². The number of rotatable bonds is 11. The molecule has 0 heterocycles. The van der Waals surface area contributed by atoms with E-state index < -0.39 is 0 Å². The number of guanidine groups is 1. The van der Waals surface area contributed by atoms with Crippen LogP contribution in [0.15, 0.2) is 35.3 Å². The maximum absolute atomic E-state index is 11.7. The van der Waals surface area contributed by atoms with Gasteiger partial charge in [0.2, 0.25) is 5.91 Å². The molecule has 1 aromatic carbocycles. The average molecular weight is 508 g/mol. The third kappa shape index (κ3) is 12.1. The summed E-state index contributed by atoms with van der Waals surface area (Å²) in [5.74, 6) is 1.64. The fraction of sp³-hybridized carbons (Fsp3) is 0.579. The number of amides is 1. The van der Waals surface area contributed by atoms with E-state index in [1.165, 1.54) is 5.56 Å². The summed E-state index contributed by atoms with van der Waals surface area (Å²) in [6.07, 6.45) is 3.01. The van der Waals surface area contributed by atoms with Crippen LogP contribution in [0.4, 0.5) is 0 Å². The molecule has 0 aliphatic heterocycles. The van der Waals surface area contributed by atoms with Crippen LogP contribution >= 0.6 is 35.7 Å². The molecule has 0 saturated heterocycles. The Bertz CT molecular complexity index is 544. The van der Waals surface area contributed by atoms with E-state index in [4.69, 9.17) is 4.74 Å². The first-order chi connectivity index (χ1) is 12.5. The second-order valence-electron chi connectivity index (χ2n) is 6.08.